The van der Waals surface area contributed by atoms with Crippen molar-refractivity contribution in [3.8, 4) is 0 Å². The molecule has 204 valence electrons. The summed E-state index contributed by atoms with van der Waals surface area (Å²) < 4.78 is 0. The maximum Gasteiger partial charge on any atom is 0.0202 e. The zero-order valence-corrected chi connectivity index (χ0v) is 28.7. The van der Waals surface area contributed by atoms with Crippen LogP contribution in [0.1, 0.15) is 0 Å². The average Bonchev–Trinajstić information content (AvgIpc) is 2.95. The van der Waals surface area contributed by atoms with E-state index in [4.69, 9.17) is 25.3 Å². The van der Waals surface area contributed by atoms with Gasteiger partial charge in [-0.3, -0.25) is 0 Å². The molecule has 4 aromatic rings. The molecule has 0 nitrogen and oxygen atoms in total. The summed E-state index contributed by atoms with van der Waals surface area (Å²) in [6.45, 7) is 0. The second kappa shape index (κ2) is 17.2. The van der Waals surface area contributed by atoms with E-state index in [9.17, 15) is 0 Å². The van der Waals surface area contributed by atoms with Crippen LogP contribution in [0.5, 0.6) is 0 Å². The van der Waals surface area contributed by atoms with Crippen molar-refractivity contribution in [1.82, 2.24) is 0 Å². The topological polar surface area (TPSA) is 0 Å². The van der Waals surface area contributed by atoms with Crippen LogP contribution in [0.3, 0.4) is 0 Å². The molecule has 4 aromatic carbocycles. The van der Waals surface area contributed by atoms with E-state index in [2.05, 4.69) is 98.1 Å². The van der Waals surface area contributed by atoms with Crippen LogP contribution < -0.4 is 0 Å². The third-order valence-corrected chi connectivity index (χ3v) is 13.3. The molecule has 2 atom stereocenters. The molecule has 2 unspecified atom stereocenters. The maximum atomic E-state index is 4.83. The van der Waals surface area contributed by atoms with Crippen LogP contribution in [0.25, 0.3) is 0 Å². The second-order valence-corrected chi connectivity index (χ2v) is 16.7. The van der Waals surface area contributed by atoms with Crippen molar-refractivity contribution in [3.05, 3.63) is 97.1 Å². The Labute approximate surface area is 276 Å². The van der Waals surface area contributed by atoms with E-state index >= 15 is 0 Å². The average molecular weight is 679 g/mol. The quantitative estimate of drug-likeness (QED) is 0.0772. The molecule has 0 aliphatic rings. The fourth-order valence-corrected chi connectivity index (χ4v) is 9.22. The molecule has 39 heavy (non-hydrogen) atoms. The Morgan fingerprint density at radius 2 is 0.692 bits per heavy atom. The van der Waals surface area contributed by atoms with E-state index < -0.39 is 0 Å². The molecular formula is C30H30S9. The summed E-state index contributed by atoms with van der Waals surface area (Å²) in [7, 11) is 0. The van der Waals surface area contributed by atoms with Crippen LogP contribution in [0.2, 0.25) is 0 Å². The van der Waals surface area contributed by atoms with E-state index in [0.29, 0.717) is 10.5 Å². The molecule has 0 radical (unpaired) electrons. The lowest BCUT2D eigenvalue weighted by Gasteiger charge is -2.13. The van der Waals surface area contributed by atoms with Gasteiger partial charge in [0, 0.05) is 72.7 Å². The minimum absolute atomic E-state index is 0.357. The van der Waals surface area contributed by atoms with Crippen molar-refractivity contribution in [2.45, 2.75) is 49.7 Å². The molecule has 0 aliphatic carbocycles. The predicted molar refractivity (Wildman–Crippen MR) is 193 cm³/mol. The molecule has 0 heterocycles. The standard InChI is InChI=1S/C30H30S9/c31-21-1-5-27(6-2-21)38-29-13-9-25(10-14-29)36-19-23(33)17-35-18-24(34)20-37-26-11-15-30(16-12-26)39-28-7-3-22(32)4-8-28/h1-16,23-24,31-34H,17-20H2. The molecule has 0 bridgehead atoms. The zero-order chi connectivity index (χ0) is 27.5. The first-order valence-corrected chi connectivity index (χ1v) is 18.9. The molecule has 0 saturated carbocycles. The van der Waals surface area contributed by atoms with E-state index in [-0.39, 0.29) is 0 Å². The SMILES string of the molecule is Sc1ccc(Sc2ccc(SCC(S)CSCC(S)CSc3ccc(Sc4ccc(S)cc4)cc3)cc2)cc1. The van der Waals surface area contributed by atoms with Crippen LogP contribution in [0.15, 0.2) is 136 Å². The summed E-state index contributed by atoms with van der Waals surface area (Å²) in [5.74, 6) is 4.07. The first kappa shape index (κ1) is 32.0. The number of hydrogen-bond acceptors (Lipinski definition) is 9. The Morgan fingerprint density at radius 1 is 0.410 bits per heavy atom. The second-order valence-electron chi connectivity index (χ2n) is 8.60. The van der Waals surface area contributed by atoms with Gasteiger partial charge in [0.1, 0.15) is 0 Å². The van der Waals surface area contributed by atoms with Gasteiger partial charge in [-0.1, -0.05) is 23.5 Å². The maximum absolute atomic E-state index is 4.83. The van der Waals surface area contributed by atoms with Crippen molar-refractivity contribution in [3.63, 3.8) is 0 Å². The third kappa shape index (κ3) is 12.0. The highest BCUT2D eigenvalue weighted by atomic mass is 32.2. The number of rotatable bonds is 14. The van der Waals surface area contributed by atoms with Crippen LogP contribution in [0.4, 0.5) is 0 Å². The Balaban J connectivity index is 1.09. The van der Waals surface area contributed by atoms with E-state index in [1.54, 1.807) is 23.5 Å². The van der Waals surface area contributed by atoms with Crippen molar-refractivity contribution >= 4 is 109 Å². The monoisotopic (exact) mass is 678 g/mol. The molecule has 0 fully saturated rings. The Kier molecular flexibility index (Phi) is 14.1. The van der Waals surface area contributed by atoms with E-state index in [1.165, 1.54) is 29.4 Å². The minimum Gasteiger partial charge on any atom is -0.174 e. The Hall–Kier alpha value is 0.0300. The lowest BCUT2D eigenvalue weighted by Crippen LogP contribution is -2.11. The predicted octanol–water partition coefficient (Wildman–Crippen LogP) is 10.8. The summed E-state index contributed by atoms with van der Waals surface area (Å²) in [4.78, 5) is 9.50. The summed E-state index contributed by atoms with van der Waals surface area (Å²) in [6, 6.07) is 34.1. The molecular weight excluding hydrogens is 649 g/mol. The van der Waals surface area contributed by atoms with E-state index in [1.807, 2.05) is 59.6 Å². The zero-order valence-electron chi connectivity index (χ0n) is 21.1. The lowest BCUT2D eigenvalue weighted by atomic mass is 10.4. The van der Waals surface area contributed by atoms with Crippen LogP contribution in [-0.4, -0.2) is 33.5 Å². The molecule has 0 saturated heterocycles. The summed E-state index contributed by atoms with van der Waals surface area (Å²) in [5, 5.41) is 0.715. The highest BCUT2D eigenvalue weighted by molar-refractivity contribution is 8.02. The normalized spacial score (nSPS) is 12.8. The first-order chi connectivity index (χ1) is 18.9. The summed E-state index contributed by atoms with van der Waals surface area (Å²) >= 11 is 27.6. The number of thiol groups is 4. The third-order valence-electron chi connectivity index (χ3n) is 5.30. The summed E-state index contributed by atoms with van der Waals surface area (Å²) in [5.41, 5.74) is 0. The van der Waals surface area contributed by atoms with Crippen molar-refractivity contribution in [2.24, 2.45) is 0 Å². The molecule has 0 N–H and O–H groups in total. The summed E-state index contributed by atoms with van der Waals surface area (Å²) in [6.07, 6.45) is 0. The number of benzene rings is 4. The van der Waals surface area contributed by atoms with Gasteiger partial charge in [0.2, 0.25) is 0 Å². The lowest BCUT2D eigenvalue weighted by molar-refractivity contribution is 1.12. The number of thioether (sulfide) groups is 3. The van der Waals surface area contributed by atoms with Gasteiger partial charge in [-0.15, -0.1) is 48.8 Å². The molecule has 0 aliphatic heterocycles. The number of hydrogen-bond donors (Lipinski definition) is 4. The molecule has 0 amide bonds. The smallest absolute Gasteiger partial charge is 0.0202 e. The molecule has 0 aromatic heterocycles. The van der Waals surface area contributed by atoms with Crippen molar-refractivity contribution < 1.29 is 0 Å². The largest absolute Gasteiger partial charge is 0.174 e. The van der Waals surface area contributed by atoms with Crippen LogP contribution >= 0.6 is 109 Å². The van der Waals surface area contributed by atoms with Gasteiger partial charge in [0.25, 0.3) is 0 Å². The van der Waals surface area contributed by atoms with Gasteiger partial charge in [-0.25, -0.2) is 0 Å². The Bertz CT molecular complexity index is 1160. The van der Waals surface area contributed by atoms with Gasteiger partial charge < -0.3 is 0 Å². The first-order valence-electron chi connectivity index (χ1n) is 12.3. The van der Waals surface area contributed by atoms with Gasteiger partial charge in [-0.05, 0) is 97.1 Å². The fraction of sp³-hybridized carbons (Fsp3) is 0.200. The Morgan fingerprint density at radius 3 is 1.03 bits per heavy atom. The van der Waals surface area contributed by atoms with Crippen molar-refractivity contribution in [1.29, 1.82) is 0 Å². The van der Waals surface area contributed by atoms with E-state index in [0.717, 1.165) is 32.8 Å². The minimum atomic E-state index is 0.357. The van der Waals surface area contributed by atoms with Crippen molar-refractivity contribution in [2.75, 3.05) is 23.0 Å². The van der Waals surface area contributed by atoms with Gasteiger partial charge in [-0.2, -0.15) is 37.0 Å². The fourth-order valence-electron chi connectivity index (χ4n) is 3.33. The molecule has 0 spiro atoms. The van der Waals surface area contributed by atoms with Gasteiger partial charge in [0.05, 0.1) is 0 Å². The molecule has 9 heteroatoms. The van der Waals surface area contributed by atoms with Gasteiger partial charge >= 0.3 is 0 Å². The van der Waals surface area contributed by atoms with Gasteiger partial charge in [0.15, 0.2) is 0 Å². The van der Waals surface area contributed by atoms with Crippen LogP contribution in [0, 0.1) is 0 Å². The molecule has 4 rings (SSSR count). The highest BCUT2D eigenvalue weighted by Crippen LogP contribution is 2.32. The van der Waals surface area contributed by atoms with Crippen LogP contribution in [-0.2, 0) is 0 Å². The highest BCUT2D eigenvalue weighted by Gasteiger charge is 2.09.